The van der Waals surface area contributed by atoms with Gasteiger partial charge in [0.25, 0.3) is 0 Å². The Balaban J connectivity index is 1.67. The van der Waals surface area contributed by atoms with Gasteiger partial charge in [-0.3, -0.25) is 4.98 Å². The van der Waals surface area contributed by atoms with Crippen molar-refractivity contribution in [3.63, 3.8) is 0 Å². The van der Waals surface area contributed by atoms with E-state index in [-0.39, 0.29) is 19.1 Å². The van der Waals surface area contributed by atoms with Crippen LogP contribution in [-0.4, -0.2) is 50.3 Å². The van der Waals surface area contributed by atoms with Crippen LogP contribution in [-0.2, 0) is 16.4 Å². The summed E-state index contributed by atoms with van der Waals surface area (Å²) in [4.78, 5) is 20.1. The third-order valence-electron chi connectivity index (χ3n) is 2.92. The lowest BCUT2D eigenvalue weighted by Gasteiger charge is -2.07. The molecule has 3 N–H and O–H groups in total. The van der Waals surface area contributed by atoms with Crippen molar-refractivity contribution in [2.45, 2.75) is 6.42 Å². The number of urea groups is 1. The molecule has 130 valence electrons. The van der Waals surface area contributed by atoms with E-state index in [2.05, 4.69) is 25.3 Å². The van der Waals surface area contributed by atoms with Gasteiger partial charge in [-0.2, -0.15) is 0 Å². The van der Waals surface area contributed by atoms with Gasteiger partial charge in [-0.05, 0) is 12.1 Å². The molecule has 0 radical (unpaired) electrons. The van der Waals surface area contributed by atoms with Gasteiger partial charge in [0.05, 0.1) is 11.9 Å². The molecule has 2 rings (SSSR count). The van der Waals surface area contributed by atoms with E-state index in [1.807, 2.05) is 17.5 Å². The van der Waals surface area contributed by atoms with Crippen LogP contribution in [0.1, 0.15) is 5.69 Å². The maximum absolute atomic E-state index is 11.6. The minimum absolute atomic E-state index is 0.160. The van der Waals surface area contributed by atoms with Crippen LogP contribution in [0.2, 0.25) is 0 Å². The van der Waals surface area contributed by atoms with E-state index in [9.17, 15) is 13.2 Å². The first-order valence-corrected chi connectivity index (χ1v) is 10.0. The minimum atomic E-state index is -3.23. The van der Waals surface area contributed by atoms with Gasteiger partial charge in [-0.25, -0.2) is 22.9 Å². The average molecular weight is 369 g/mol. The second-order valence-corrected chi connectivity index (χ2v) is 7.67. The lowest BCUT2D eigenvalue weighted by atomic mass is 10.3. The van der Waals surface area contributed by atoms with Gasteiger partial charge >= 0.3 is 6.03 Å². The number of hydrogen-bond donors (Lipinski definition) is 3. The van der Waals surface area contributed by atoms with Crippen molar-refractivity contribution in [2.24, 2.45) is 0 Å². The van der Waals surface area contributed by atoms with Gasteiger partial charge in [0.1, 0.15) is 5.01 Å². The number of amides is 2. The van der Waals surface area contributed by atoms with Crippen LogP contribution in [0.5, 0.6) is 0 Å². The fourth-order valence-corrected chi connectivity index (χ4v) is 3.16. The SMILES string of the molecule is CS(=O)(=O)NCCNC(=O)NCCc1csc(-c2ccncc2)n1. The Bertz CT molecular complexity index is 762. The Labute approximate surface area is 144 Å². The number of sulfonamides is 1. The van der Waals surface area contributed by atoms with Gasteiger partial charge in [0.15, 0.2) is 0 Å². The van der Waals surface area contributed by atoms with E-state index in [1.54, 1.807) is 23.7 Å². The second kappa shape index (κ2) is 8.71. The average Bonchev–Trinajstić information content (AvgIpc) is 3.00. The lowest BCUT2D eigenvalue weighted by Crippen LogP contribution is -2.40. The van der Waals surface area contributed by atoms with E-state index in [1.165, 1.54) is 0 Å². The summed E-state index contributed by atoms with van der Waals surface area (Å²) in [6.45, 7) is 0.834. The maximum Gasteiger partial charge on any atom is 0.314 e. The first-order valence-electron chi connectivity index (χ1n) is 7.25. The van der Waals surface area contributed by atoms with Crippen molar-refractivity contribution in [1.29, 1.82) is 0 Å². The molecule has 0 aromatic carbocycles. The Morgan fingerprint density at radius 1 is 1.17 bits per heavy atom. The molecule has 24 heavy (non-hydrogen) atoms. The number of hydrogen-bond acceptors (Lipinski definition) is 6. The molecule has 0 aliphatic rings. The van der Waals surface area contributed by atoms with E-state index < -0.39 is 10.0 Å². The van der Waals surface area contributed by atoms with Crippen LogP contribution in [0.15, 0.2) is 29.9 Å². The molecule has 10 heteroatoms. The van der Waals surface area contributed by atoms with Crippen molar-refractivity contribution in [3.05, 3.63) is 35.6 Å². The number of carbonyl (C=O) groups excluding carboxylic acids is 1. The molecule has 0 atom stereocenters. The van der Waals surface area contributed by atoms with Crippen LogP contribution in [0.4, 0.5) is 4.79 Å². The molecule has 8 nitrogen and oxygen atoms in total. The van der Waals surface area contributed by atoms with Crippen molar-refractivity contribution in [1.82, 2.24) is 25.3 Å². The highest BCUT2D eigenvalue weighted by atomic mass is 32.2. The number of pyridine rings is 1. The van der Waals surface area contributed by atoms with E-state index in [4.69, 9.17) is 0 Å². The smallest absolute Gasteiger partial charge is 0.314 e. The zero-order valence-electron chi connectivity index (χ0n) is 13.2. The lowest BCUT2D eigenvalue weighted by molar-refractivity contribution is 0.241. The maximum atomic E-state index is 11.6. The van der Waals surface area contributed by atoms with E-state index in [0.29, 0.717) is 13.0 Å². The molecule has 0 fully saturated rings. The molecule has 0 saturated carbocycles. The normalized spacial score (nSPS) is 11.2. The standard InChI is InChI=1S/C14H19N5O3S2/c1-24(21,22)18-9-8-17-14(20)16-7-4-12-10-23-13(19-12)11-2-5-15-6-3-11/h2-3,5-6,10,18H,4,7-9H2,1H3,(H2,16,17,20). The molecular weight excluding hydrogens is 350 g/mol. The van der Waals surface area contributed by atoms with Gasteiger partial charge in [0, 0.05) is 49.4 Å². The van der Waals surface area contributed by atoms with Crippen molar-refractivity contribution in [3.8, 4) is 10.6 Å². The summed E-state index contributed by atoms with van der Waals surface area (Å²) < 4.78 is 24.0. The summed E-state index contributed by atoms with van der Waals surface area (Å²) in [7, 11) is -3.23. The molecule has 2 heterocycles. The van der Waals surface area contributed by atoms with Gasteiger partial charge < -0.3 is 10.6 Å². The third-order valence-corrected chi connectivity index (χ3v) is 4.59. The number of thiazole rings is 1. The van der Waals surface area contributed by atoms with Crippen LogP contribution in [0.25, 0.3) is 10.6 Å². The van der Waals surface area contributed by atoms with Crippen molar-refractivity contribution < 1.29 is 13.2 Å². The monoisotopic (exact) mass is 369 g/mol. The number of nitrogens with one attached hydrogen (secondary N) is 3. The zero-order valence-corrected chi connectivity index (χ0v) is 14.8. The molecule has 0 aliphatic carbocycles. The van der Waals surface area contributed by atoms with Gasteiger partial charge in [-0.1, -0.05) is 0 Å². The molecule has 0 spiro atoms. The summed E-state index contributed by atoms with van der Waals surface area (Å²) >= 11 is 1.55. The number of nitrogens with zero attached hydrogens (tertiary/aromatic N) is 2. The van der Waals surface area contributed by atoms with Crippen molar-refractivity contribution in [2.75, 3.05) is 25.9 Å². The van der Waals surface area contributed by atoms with Crippen LogP contribution < -0.4 is 15.4 Å². The summed E-state index contributed by atoms with van der Waals surface area (Å²) in [5, 5.41) is 8.16. The Kier molecular flexibility index (Phi) is 6.64. The van der Waals surface area contributed by atoms with Crippen LogP contribution >= 0.6 is 11.3 Å². The quantitative estimate of drug-likeness (QED) is 0.590. The van der Waals surface area contributed by atoms with Crippen LogP contribution in [0, 0.1) is 0 Å². The highest BCUT2D eigenvalue weighted by Gasteiger charge is 2.06. The Morgan fingerprint density at radius 3 is 2.58 bits per heavy atom. The highest BCUT2D eigenvalue weighted by Crippen LogP contribution is 2.22. The molecule has 2 aromatic heterocycles. The zero-order chi connectivity index (χ0) is 17.4. The predicted molar refractivity (Wildman–Crippen MR) is 93.3 cm³/mol. The van der Waals surface area contributed by atoms with E-state index >= 15 is 0 Å². The first kappa shape index (κ1) is 18.3. The summed E-state index contributed by atoms with van der Waals surface area (Å²) in [5.41, 5.74) is 1.93. The molecule has 0 unspecified atom stereocenters. The molecule has 0 saturated heterocycles. The predicted octanol–water partition coefficient (Wildman–Crippen LogP) is 0.596. The second-order valence-electron chi connectivity index (χ2n) is 4.98. The highest BCUT2D eigenvalue weighted by molar-refractivity contribution is 7.88. The molecule has 0 aliphatic heterocycles. The molecular formula is C14H19N5O3S2. The largest absolute Gasteiger partial charge is 0.338 e. The summed E-state index contributed by atoms with van der Waals surface area (Å²) in [6, 6.07) is 3.47. The van der Waals surface area contributed by atoms with Gasteiger partial charge in [0.2, 0.25) is 10.0 Å². The fourth-order valence-electron chi connectivity index (χ4n) is 1.83. The van der Waals surface area contributed by atoms with Gasteiger partial charge in [-0.15, -0.1) is 11.3 Å². The number of aromatic nitrogens is 2. The summed E-state index contributed by atoms with van der Waals surface area (Å²) in [5.74, 6) is 0. The number of rotatable bonds is 8. The third kappa shape index (κ3) is 6.60. The Hall–Kier alpha value is -2.04. The van der Waals surface area contributed by atoms with Crippen LogP contribution in [0.3, 0.4) is 0 Å². The first-order chi connectivity index (χ1) is 11.4. The van der Waals surface area contributed by atoms with Crippen molar-refractivity contribution >= 4 is 27.4 Å². The molecule has 2 aromatic rings. The summed E-state index contributed by atoms with van der Waals surface area (Å²) in [6.07, 6.45) is 5.14. The topological polar surface area (TPSA) is 113 Å². The van der Waals surface area contributed by atoms with E-state index in [0.717, 1.165) is 22.5 Å². The minimum Gasteiger partial charge on any atom is -0.338 e. The molecule has 2 amide bonds. The fraction of sp³-hybridized carbons (Fsp3) is 0.357. The molecule has 0 bridgehead atoms. The number of carbonyl (C=O) groups is 1. The Morgan fingerprint density at radius 2 is 1.88 bits per heavy atom.